The fraction of sp³-hybridized carbons (Fsp3) is 0.611. The third-order valence-electron chi connectivity index (χ3n) is 4.69. The van der Waals surface area contributed by atoms with E-state index in [9.17, 15) is 4.79 Å². The largest absolute Gasteiger partial charge is 0.353 e. The maximum atomic E-state index is 12.3. The van der Waals surface area contributed by atoms with Crippen LogP contribution >= 0.6 is 12.4 Å². The Balaban J connectivity index is 0.00000242. The minimum Gasteiger partial charge on any atom is -0.353 e. The van der Waals surface area contributed by atoms with Crippen molar-refractivity contribution >= 4 is 18.3 Å². The van der Waals surface area contributed by atoms with Gasteiger partial charge in [0.25, 0.3) is 0 Å². The molecule has 0 aromatic heterocycles. The molecule has 1 aliphatic heterocycles. The van der Waals surface area contributed by atoms with Gasteiger partial charge >= 0.3 is 0 Å². The van der Waals surface area contributed by atoms with E-state index < -0.39 is 0 Å². The third kappa shape index (κ3) is 4.72. The first-order chi connectivity index (χ1) is 9.90. The molecule has 3 nitrogen and oxygen atoms in total. The van der Waals surface area contributed by atoms with Gasteiger partial charge in [-0.3, -0.25) is 4.79 Å². The Bertz CT molecular complexity index is 471. The molecule has 2 atom stereocenters. The molecule has 1 fully saturated rings. The summed E-state index contributed by atoms with van der Waals surface area (Å²) >= 11 is 0. The molecular formula is C18H29ClN2O. The van der Waals surface area contributed by atoms with Crippen LogP contribution in [0.2, 0.25) is 0 Å². The quantitative estimate of drug-likeness (QED) is 0.844. The number of halogens is 1. The van der Waals surface area contributed by atoms with E-state index in [2.05, 4.69) is 55.7 Å². The first kappa shape index (κ1) is 19.0. The van der Waals surface area contributed by atoms with E-state index in [1.165, 1.54) is 5.56 Å². The monoisotopic (exact) mass is 324 g/mol. The highest BCUT2D eigenvalue weighted by Gasteiger charge is 2.30. The van der Waals surface area contributed by atoms with Crippen molar-refractivity contribution in [3.05, 3.63) is 35.9 Å². The number of carbonyl (C=O) groups excluding carboxylic acids is 1. The van der Waals surface area contributed by atoms with Crippen LogP contribution in [0.15, 0.2) is 30.3 Å². The molecule has 124 valence electrons. The van der Waals surface area contributed by atoms with Gasteiger partial charge in [-0.1, -0.05) is 51.1 Å². The zero-order chi connectivity index (χ0) is 15.5. The summed E-state index contributed by atoms with van der Waals surface area (Å²) in [5.74, 6) is 0.797. The molecule has 4 heteroatoms. The lowest BCUT2D eigenvalue weighted by atomic mass is 9.79. The molecule has 22 heavy (non-hydrogen) atoms. The number of hydrogen-bond donors (Lipinski definition) is 2. The molecule has 2 unspecified atom stereocenters. The minimum atomic E-state index is 0. The molecule has 0 aliphatic carbocycles. The molecular weight excluding hydrogens is 296 g/mol. The molecule has 0 radical (unpaired) electrons. The molecule has 0 saturated carbocycles. The number of hydrogen-bond acceptors (Lipinski definition) is 2. The number of carbonyl (C=O) groups is 1. The van der Waals surface area contributed by atoms with Crippen LogP contribution in [0.1, 0.15) is 39.7 Å². The normalized spacial score (nSPS) is 17.8. The first-order valence-electron chi connectivity index (χ1n) is 7.97. The predicted molar refractivity (Wildman–Crippen MR) is 94.5 cm³/mol. The molecule has 2 N–H and O–H groups in total. The van der Waals surface area contributed by atoms with Crippen molar-refractivity contribution in [3.8, 4) is 0 Å². The fourth-order valence-electron chi connectivity index (χ4n) is 3.08. The summed E-state index contributed by atoms with van der Waals surface area (Å²) in [6.07, 6.45) is 0.943. The highest BCUT2D eigenvalue weighted by molar-refractivity contribution is 5.85. The van der Waals surface area contributed by atoms with Gasteiger partial charge in [-0.15, -0.1) is 12.4 Å². The summed E-state index contributed by atoms with van der Waals surface area (Å²) in [6, 6.07) is 10.7. The predicted octanol–water partition coefficient (Wildman–Crippen LogP) is 3.14. The van der Waals surface area contributed by atoms with Crippen LogP contribution in [0.5, 0.6) is 0 Å². The van der Waals surface area contributed by atoms with Crippen molar-refractivity contribution in [1.29, 1.82) is 0 Å². The lowest BCUT2D eigenvalue weighted by Gasteiger charge is -2.34. The van der Waals surface area contributed by atoms with Gasteiger partial charge in [0.2, 0.25) is 5.91 Å². The number of nitrogens with one attached hydrogen (secondary N) is 2. The Morgan fingerprint density at radius 2 is 1.86 bits per heavy atom. The average molecular weight is 325 g/mol. The van der Waals surface area contributed by atoms with Crippen molar-refractivity contribution < 1.29 is 4.79 Å². The lowest BCUT2D eigenvalue weighted by molar-refractivity contribution is -0.127. The maximum Gasteiger partial charge on any atom is 0.223 e. The summed E-state index contributed by atoms with van der Waals surface area (Å²) in [6.45, 7) is 10.6. The van der Waals surface area contributed by atoms with Crippen LogP contribution in [0.4, 0.5) is 0 Å². The summed E-state index contributed by atoms with van der Waals surface area (Å²) in [4.78, 5) is 12.3. The van der Waals surface area contributed by atoms with Gasteiger partial charge in [-0.25, -0.2) is 0 Å². The lowest BCUT2D eigenvalue weighted by Crippen LogP contribution is -2.51. The van der Waals surface area contributed by atoms with Gasteiger partial charge in [0.15, 0.2) is 0 Å². The van der Waals surface area contributed by atoms with Crippen LogP contribution in [-0.4, -0.2) is 25.0 Å². The fourth-order valence-corrected chi connectivity index (χ4v) is 3.08. The van der Waals surface area contributed by atoms with E-state index in [0.29, 0.717) is 5.92 Å². The summed E-state index contributed by atoms with van der Waals surface area (Å²) in [5, 5.41) is 6.42. The van der Waals surface area contributed by atoms with E-state index >= 15 is 0 Å². The summed E-state index contributed by atoms with van der Waals surface area (Å²) in [7, 11) is 0. The van der Waals surface area contributed by atoms with E-state index in [0.717, 1.165) is 19.5 Å². The molecule has 1 aromatic carbocycles. The van der Waals surface area contributed by atoms with Crippen LogP contribution in [0.3, 0.4) is 0 Å². The molecule has 1 heterocycles. The Hall–Kier alpha value is -1.06. The molecule has 2 rings (SSSR count). The standard InChI is InChI=1S/C18H28N2O.ClH/c1-13(20-17(21)14(2)15-11-19-12-15)10-18(3,4)16-8-6-5-7-9-16;/h5-9,13-15,19H,10-12H2,1-4H3,(H,20,21);1H. The maximum absolute atomic E-state index is 12.3. The Kier molecular flexibility index (Phi) is 6.89. The number of amides is 1. The third-order valence-corrected chi connectivity index (χ3v) is 4.69. The van der Waals surface area contributed by atoms with E-state index in [4.69, 9.17) is 0 Å². The Labute approximate surface area is 140 Å². The second-order valence-corrected chi connectivity index (χ2v) is 7.07. The smallest absolute Gasteiger partial charge is 0.223 e. The zero-order valence-corrected chi connectivity index (χ0v) is 14.9. The molecule has 1 aliphatic rings. The van der Waals surface area contributed by atoms with E-state index in [-0.39, 0.29) is 35.7 Å². The van der Waals surface area contributed by atoms with Gasteiger partial charge in [0.1, 0.15) is 0 Å². The highest BCUT2D eigenvalue weighted by Crippen LogP contribution is 2.28. The molecule has 1 aromatic rings. The first-order valence-corrected chi connectivity index (χ1v) is 7.97. The second-order valence-electron chi connectivity index (χ2n) is 7.07. The van der Waals surface area contributed by atoms with Crippen molar-refractivity contribution in [2.75, 3.05) is 13.1 Å². The summed E-state index contributed by atoms with van der Waals surface area (Å²) < 4.78 is 0. The summed E-state index contributed by atoms with van der Waals surface area (Å²) in [5.41, 5.74) is 1.39. The topological polar surface area (TPSA) is 41.1 Å². The van der Waals surface area contributed by atoms with Crippen molar-refractivity contribution in [2.24, 2.45) is 11.8 Å². The Morgan fingerprint density at radius 1 is 1.27 bits per heavy atom. The molecule has 0 bridgehead atoms. The average Bonchev–Trinajstić information content (AvgIpc) is 2.36. The number of benzene rings is 1. The van der Waals surface area contributed by atoms with E-state index in [1.54, 1.807) is 0 Å². The zero-order valence-electron chi connectivity index (χ0n) is 14.1. The van der Waals surface area contributed by atoms with Gasteiger partial charge in [0, 0.05) is 12.0 Å². The Morgan fingerprint density at radius 3 is 2.36 bits per heavy atom. The van der Waals surface area contributed by atoms with Crippen LogP contribution in [0, 0.1) is 11.8 Å². The van der Waals surface area contributed by atoms with Gasteiger partial charge in [-0.2, -0.15) is 0 Å². The van der Waals surface area contributed by atoms with Crippen LogP contribution < -0.4 is 10.6 Å². The second kappa shape index (κ2) is 7.98. The SMILES string of the molecule is CC(CC(C)(C)c1ccccc1)NC(=O)C(C)C1CNC1.Cl. The van der Waals surface area contributed by atoms with Crippen molar-refractivity contribution in [3.63, 3.8) is 0 Å². The number of rotatable bonds is 6. The van der Waals surface area contributed by atoms with Crippen LogP contribution in [0.25, 0.3) is 0 Å². The van der Waals surface area contributed by atoms with Gasteiger partial charge < -0.3 is 10.6 Å². The minimum absolute atomic E-state index is 0. The van der Waals surface area contributed by atoms with Gasteiger partial charge in [0.05, 0.1) is 0 Å². The molecule has 0 spiro atoms. The molecule has 1 saturated heterocycles. The van der Waals surface area contributed by atoms with Gasteiger partial charge in [-0.05, 0) is 43.3 Å². The van der Waals surface area contributed by atoms with Crippen molar-refractivity contribution in [2.45, 2.75) is 45.6 Å². The van der Waals surface area contributed by atoms with Crippen molar-refractivity contribution in [1.82, 2.24) is 10.6 Å². The van der Waals surface area contributed by atoms with Crippen LogP contribution in [-0.2, 0) is 10.2 Å². The van der Waals surface area contributed by atoms with E-state index in [1.807, 2.05) is 13.0 Å². The highest BCUT2D eigenvalue weighted by atomic mass is 35.5. The molecule has 1 amide bonds.